The molecule has 2 aliphatic rings. The van der Waals surface area contributed by atoms with Crippen molar-refractivity contribution in [3.63, 3.8) is 0 Å². The second kappa shape index (κ2) is 6.01. The molecule has 5 atom stereocenters. The molecule has 5 unspecified atom stereocenters. The predicted molar refractivity (Wildman–Crippen MR) is 76.3 cm³/mol. The third kappa shape index (κ3) is 3.02. The molecule has 0 saturated heterocycles. The topological polar surface area (TPSA) is 92.1 Å². The fraction of sp³-hybridized carbons (Fsp3) is 0.786. The van der Waals surface area contributed by atoms with Gasteiger partial charge in [-0.05, 0) is 38.0 Å². The second-order valence-electron chi connectivity index (χ2n) is 6.34. The molecule has 3 rings (SSSR count). The van der Waals surface area contributed by atoms with Crippen LogP contribution in [0, 0.1) is 17.8 Å². The monoisotopic (exact) mass is 293 g/mol. The first-order valence-electron chi connectivity index (χ1n) is 7.67. The number of aromatic nitrogens is 3. The Bertz CT molecular complexity index is 478. The minimum absolute atomic E-state index is 0.0298. The van der Waals surface area contributed by atoms with E-state index in [1.165, 1.54) is 19.2 Å². The highest BCUT2D eigenvalue weighted by atomic mass is 16.3. The molecule has 21 heavy (non-hydrogen) atoms. The smallest absolute Gasteiger partial charge is 0.315 e. The summed E-state index contributed by atoms with van der Waals surface area (Å²) in [7, 11) is 0. The zero-order valence-electron chi connectivity index (χ0n) is 12.3. The molecule has 2 saturated carbocycles. The fourth-order valence-corrected chi connectivity index (χ4v) is 3.97. The maximum Gasteiger partial charge on any atom is 0.315 e. The molecule has 0 aliphatic heterocycles. The van der Waals surface area contributed by atoms with Gasteiger partial charge in [-0.25, -0.2) is 9.78 Å². The summed E-state index contributed by atoms with van der Waals surface area (Å²) in [6.45, 7) is 2.69. The number of rotatable bonds is 5. The molecule has 1 heterocycles. The largest absolute Gasteiger partial charge is 0.396 e. The average Bonchev–Trinajstić information content (AvgIpc) is 3.14. The van der Waals surface area contributed by atoms with Crippen LogP contribution >= 0.6 is 0 Å². The number of aliphatic hydroxyl groups excluding tert-OH is 1. The SMILES string of the molecule is CC(Cn1cncn1)NC(=O)NC1C2CCC(C2)C1CO. The summed E-state index contributed by atoms with van der Waals surface area (Å²) < 4.78 is 1.69. The van der Waals surface area contributed by atoms with Crippen molar-refractivity contribution in [2.75, 3.05) is 6.61 Å². The summed E-state index contributed by atoms with van der Waals surface area (Å²) in [6.07, 6.45) is 6.62. The highest BCUT2D eigenvalue weighted by molar-refractivity contribution is 5.74. The van der Waals surface area contributed by atoms with Crippen molar-refractivity contribution in [2.24, 2.45) is 17.8 Å². The van der Waals surface area contributed by atoms with Crippen LogP contribution in [0.3, 0.4) is 0 Å². The summed E-state index contributed by atoms with van der Waals surface area (Å²) in [6, 6.07) is -0.0659. The van der Waals surface area contributed by atoms with Crippen LogP contribution in [-0.4, -0.2) is 44.6 Å². The number of carbonyl (C=O) groups excluding carboxylic acids is 1. The lowest BCUT2D eigenvalue weighted by Crippen LogP contribution is -2.51. The number of hydrogen-bond donors (Lipinski definition) is 3. The normalized spacial score (nSPS) is 32.1. The Labute approximate surface area is 124 Å². The number of aliphatic hydroxyl groups is 1. The molecule has 7 heteroatoms. The van der Waals surface area contributed by atoms with Crippen LogP contribution in [0.5, 0.6) is 0 Å². The minimum atomic E-state index is -0.154. The van der Waals surface area contributed by atoms with E-state index < -0.39 is 0 Å². The molecule has 2 amide bonds. The Morgan fingerprint density at radius 3 is 3.00 bits per heavy atom. The highest BCUT2D eigenvalue weighted by Gasteiger charge is 2.47. The van der Waals surface area contributed by atoms with Crippen LogP contribution in [0.1, 0.15) is 26.2 Å². The first kappa shape index (κ1) is 14.3. The molecular formula is C14H23N5O2. The van der Waals surface area contributed by atoms with Crippen LogP contribution in [-0.2, 0) is 6.54 Å². The standard InChI is InChI=1S/C14H23N5O2/c1-9(5-19-8-15-7-16-19)17-14(21)18-13-11-3-2-10(4-11)12(13)6-20/h7-13,20H,2-6H2,1H3,(H2,17,18,21). The Balaban J connectivity index is 1.49. The predicted octanol–water partition coefficient (Wildman–Crippen LogP) is 0.373. The maximum atomic E-state index is 12.1. The van der Waals surface area contributed by atoms with E-state index in [4.69, 9.17) is 0 Å². The summed E-state index contributed by atoms with van der Waals surface area (Å²) >= 11 is 0. The van der Waals surface area contributed by atoms with Crippen molar-refractivity contribution >= 4 is 6.03 Å². The molecule has 2 aliphatic carbocycles. The van der Waals surface area contributed by atoms with Crippen molar-refractivity contribution in [1.82, 2.24) is 25.4 Å². The molecular weight excluding hydrogens is 270 g/mol. The highest BCUT2D eigenvalue weighted by Crippen LogP contribution is 2.48. The van der Waals surface area contributed by atoms with Gasteiger partial charge in [-0.15, -0.1) is 0 Å². The zero-order chi connectivity index (χ0) is 14.8. The molecule has 116 valence electrons. The van der Waals surface area contributed by atoms with E-state index in [-0.39, 0.29) is 30.6 Å². The quantitative estimate of drug-likeness (QED) is 0.731. The van der Waals surface area contributed by atoms with Gasteiger partial charge in [0.2, 0.25) is 0 Å². The molecule has 0 aromatic carbocycles. The van der Waals surface area contributed by atoms with Gasteiger partial charge in [-0.1, -0.05) is 0 Å². The number of urea groups is 1. The van der Waals surface area contributed by atoms with E-state index in [1.807, 2.05) is 6.92 Å². The molecule has 1 aromatic rings. The van der Waals surface area contributed by atoms with Gasteiger partial charge in [0.15, 0.2) is 0 Å². The van der Waals surface area contributed by atoms with E-state index >= 15 is 0 Å². The van der Waals surface area contributed by atoms with Gasteiger partial charge in [0, 0.05) is 24.6 Å². The van der Waals surface area contributed by atoms with Crippen LogP contribution in [0.2, 0.25) is 0 Å². The van der Waals surface area contributed by atoms with Gasteiger partial charge in [0.25, 0.3) is 0 Å². The van der Waals surface area contributed by atoms with Crippen LogP contribution in [0.15, 0.2) is 12.7 Å². The Hall–Kier alpha value is -1.63. The number of hydrogen-bond acceptors (Lipinski definition) is 4. The molecule has 3 N–H and O–H groups in total. The second-order valence-corrected chi connectivity index (χ2v) is 6.34. The Morgan fingerprint density at radius 2 is 2.29 bits per heavy atom. The van der Waals surface area contributed by atoms with E-state index in [1.54, 1.807) is 11.0 Å². The summed E-state index contributed by atoms with van der Waals surface area (Å²) in [5.41, 5.74) is 0. The maximum absolute atomic E-state index is 12.1. The Morgan fingerprint density at radius 1 is 1.48 bits per heavy atom. The van der Waals surface area contributed by atoms with E-state index in [0.29, 0.717) is 18.4 Å². The lowest BCUT2D eigenvalue weighted by Gasteiger charge is -2.30. The van der Waals surface area contributed by atoms with Gasteiger partial charge in [-0.2, -0.15) is 5.10 Å². The molecule has 0 radical (unpaired) electrons. The Kier molecular flexibility index (Phi) is 4.10. The van der Waals surface area contributed by atoms with Gasteiger partial charge in [-0.3, -0.25) is 4.68 Å². The van der Waals surface area contributed by atoms with Crippen LogP contribution in [0.25, 0.3) is 0 Å². The van der Waals surface area contributed by atoms with Gasteiger partial charge >= 0.3 is 6.03 Å². The van der Waals surface area contributed by atoms with Gasteiger partial charge in [0.05, 0.1) is 6.54 Å². The third-order valence-electron chi connectivity index (χ3n) is 4.90. The number of carbonyl (C=O) groups is 1. The molecule has 1 aromatic heterocycles. The van der Waals surface area contributed by atoms with Crippen molar-refractivity contribution in [1.29, 1.82) is 0 Å². The van der Waals surface area contributed by atoms with Gasteiger partial charge < -0.3 is 15.7 Å². The number of nitrogens with one attached hydrogen (secondary N) is 2. The summed E-state index contributed by atoms with van der Waals surface area (Å²) in [5.74, 6) is 1.33. The number of amides is 2. The van der Waals surface area contributed by atoms with E-state index in [2.05, 4.69) is 20.7 Å². The molecule has 2 fully saturated rings. The average molecular weight is 293 g/mol. The molecule has 2 bridgehead atoms. The lowest BCUT2D eigenvalue weighted by atomic mass is 9.85. The fourth-order valence-electron chi connectivity index (χ4n) is 3.97. The summed E-state index contributed by atoms with van der Waals surface area (Å²) in [5, 5.41) is 19.6. The zero-order valence-corrected chi connectivity index (χ0v) is 12.3. The molecule has 0 spiro atoms. The van der Waals surface area contributed by atoms with E-state index in [9.17, 15) is 9.90 Å². The summed E-state index contributed by atoms with van der Waals surface area (Å²) in [4.78, 5) is 16.0. The number of fused-ring (bicyclic) bond motifs is 2. The number of nitrogens with zero attached hydrogens (tertiary/aromatic N) is 3. The lowest BCUT2D eigenvalue weighted by molar-refractivity contribution is 0.144. The third-order valence-corrected chi connectivity index (χ3v) is 4.90. The van der Waals surface area contributed by atoms with Crippen molar-refractivity contribution in [3.05, 3.63) is 12.7 Å². The van der Waals surface area contributed by atoms with Crippen LogP contribution in [0.4, 0.5) is 4.79 Å². The first-order chi connectivity index (χ1) is 10.2. The molecule has 7 nitrogen and oxygen atoms in total. The van der Waals surface area contributed by atoms with E-state index in [0.717, 1.165) is 6.42 Å². The minimum Gasteiger partial charge on any atom is -0.396 e. The first-order valence-corrected chi connectivity index (χ1v) is 7.67. The van der Waals surface area contributed by atoms with Crippen molar-refractivity contribution < 1.29 is 9.90 Å². The van der Waals surface area contributed by atoms with Gasteiger partial charge in [0.1, 0.15) is 12.7 Å². The van der Waals surface area contributed by atoms with Crippen molar-refractivity contribution in [2.45, 2.75) is 44.8 Å². The van der Waals surface area contributed by atoms with Crippen LogP contribution < -0.4 is 10.6 Å². The van der Waals surface area contributed by atoms with Crippen molar-refractivity contribution in [3.8, 4) is 0 Å².